The van der Waals surface area contributed by atoms with Gasteiger partial charge in [-0.2, -0.15) is 4.98 Å². The van der Waals surface area contributed by atoms with E-state index in [1.807, 2.05) is 6.92 Å². The predicted octanol–water partition coefficient (Wildman–Crippen LogP) is 4.89. The molecular weight excluding hydrogens is 385 g/mol. The number of aryl methyl sites for hydroxylation is 1. The summed E-state index contributed by atoms with van der Waals surface area (Å²) < 4.78 is 24.5. The molecule has 146 valence electrons. The van der Waals surface area contributed by atoms with E-state index in [1.54, 1.807) is 37.3 Å². The molecule has 1 heterocycles. The van der Waals surface area contributed by atoms with Crippen LogP contribution in [0.4, 0.5) is 10.1 Å². The van der Waals surface area contributed by atoms with Gasteiger partial charge in [-0.1, -0.05) is 42.7 Å². The smallest absolute Gasteiger partial charge is 0.265 e. The molecule has 0 aliphatic heterocycles. The van der Waals surface area contributed by atoms with E-state index in [1.165, 1.54) is 12.1 Å². The van der Waals surface area contributed by atoms with Gasteiger partial charge < -0.3 is 14.6 Å². The number of para-hydroxylation sites is 1. The van der Waals surface area contributed by atoms with Gasteiger partial charge in [0.25, 0.3) is 11.8 Å². The number of anilines is 1. The van der Waals surface area contributed by atoms with E-state index < -0.39 is 17.8 Å². The molecule has 3 rings (SSSR count). The largest absolute Gasteiger partial charge is 0.478 e. The van der Waals surface area contributed by atoms with Crippen molar-refractivity contribution < 1.29 is 18.4 Å². The topological polar surface area (TPSA) is 77.2 Å². The SMILES string of the molecule is CCc1noc(-c2ccc(NC(=O)C(CC)Oc3ccccc3F)c(Cl)c2)n1. The average Bonchev–Trinajstić information content (AvgIpc) is 3.18. The molecule has 2 aromatic carbocycles. The molecule has 0 saturated carbocycles. The maximum absolute atomic E-state index is 13.8. The van der Waals surface area contributed by atoms with E-state index >= 15 is 0 Å². The van der Waals surface area contributed by atoms with Crippen molar-refractivity contribution in [2.24, 2.45) is 0 Å². The molecule has 1 aromatic heterocycles. The van der Waals surface area contributed by atoms with Crippen LogP contribution in [0.1, 0.15) is 26.1 Å². The van der Waals surface area contributed by atoms with Gasteiger partial charge in [0.1, 0.15) is 0 Å². The molecule has 0 spiro atoms. The fourth-order valence-electron chi connectivity index (χ4n) is 2.49. The highest BCUT2D eigenvalue weighted by Crippen LogP contribution is 2.28. The Morgan fingerprint density at radius 1 is 1.29 bits per heavy atom. The Hall–Kier alpha value is -2.93. The highest BCUT2D eigenvalue weighted by molar-refractivity contribution is 6.34. The van der Waals surface area contributed by atoms with Gasteiger partial charge in [-0.15, -0.1) is 0 Å². The second kappa shape index (κ2) is 8.84. The van der Waals surface area contributed by atoms with Crippen molar-refractivity contribution in [1.29, 1.82) is 0 Å². The molecule has 28 heavy (non-hydrogen) atoms. The van der Waals surface area contributed by atoms with Gasteiger partial charge in [-0.05, 0) is 36.8 Å². The first kappa shape index (κ1) is 19.8. The molecule has 0 radical (unpaired) electrons. The van der Waals surface area contributed by atoms with E-state index in [9.17, 15) is 9.18 Å². The zero-order chi connectivity index (χ0) is 20.1. The van der Waals surface area contributed by atoms with Crippen LogP contribution in [0.25, 0.3) is 11.5 Å². The Labute approximate surface area is 166 Å². The third-order valence-corrected chi connectivity index (χ3v) is 4.34. The Kier molecular flexibility index (Phi) is 6.26. The number of aromatic nitrogens is 2. The number of rotatable bonds is 7. The summed E-state index contributed by atoms with van der Waals surface area (Å²) in [5.74, 6) is 0.0215. The number of nitrogens with zero attached hydrogens (tertiary/aromatic N) is 2. The van der Waals surface area contributed by atoms with E-state index in [4.69, 9.17) is 20.9 Å². The fraction of sp³-hybridized carbons (Fsp3) is 0.250. The first-order chi connectivity index (χ1) is 13.5. The molecule has 0 bridgehead atoms. The first-order valence-corrected chi connectivity index (χ1v) is 9.24. The Bertz CT molecular complexity index is 977. The van der Waals surface area contributed by atoms with E-state index in [-0.39, 0.29) is 5.75 Å². The lowest BCUT2D eigenvalue weighted by Crippen LogP contribution is -2.32. The summed E-state index contributed by atoms with van der Waals surface area (Å²) in [4.78, 5) is 16.8. The molecule has 1 unspecified atom stereocenters. The summed E-state index contributed by atoms with van der Waals surface area (Å²) in [6.07, 6.45) is 0.152. The van der Waals surface area contributed by atoms with Crippen molar-refractivity contribution in [2.75, 3.05) is 5.32 Å². The Morgan fingerprint density at radius 2 is 2.07 bits per heavy atom. The van der Waals surface area contributed by atoms with Crippen LogP contribution in [0.5, 0.6) is 5.75 Å². The van der Waals surface area contributed by atoms with E-state index in [0.717, 1.165) is 0 Å². The van der Waals surface area contributed by atoms with Gasteiger partial charge in [-0.3, -0.25) is 4.79 Å². The zero-order valence-electron chi connectivity index (χ0n) is 15.4. The minimum atomic E-state index is -0.865. The fourth-order valence-corrected chi connectivity index (χ4v) is 2.72. The maximum atomic E-state index is 13.8. The third-order valence-electron chi connectivity index (χ3n) is 4.03. The van der Waals surface area contributed by atoms with Gasteiger partial charge >= 0.3 is 0 Å². The molecule has 0 aliphatic rings. The van der Waals surface area contributed by atoms with Crippen molar-refractivity contribution in [2.45, 2.75) is 32.8 Å². The number of nitrogens with one attached hydrogen (secondary N) is 1. The normalized spacial score (nSPS) is 11.9. The lowest BCUT2D eigenvalue weighted by Gasteiger charge is -2.18. The van der Waals surface area contributed by atoms with Crippen molar-refractivity contribution in [3.8, 4) is 17.2 Å². The molecule has 6 nitrogen and oxygen atoms in total. The third kappa shape index (κ3) is 4.48. The van der Waals surface area contributed by atoms with Crippen molar-refractivity contribution in [3.63, 3.8) is 0 Å². The molecular formula is C20H19ClFN3O3. The molecule has 0 saturated heterocycles. The summed E-state index contributed by atoms with van der Waals surface area (Å²) >= 11 is 6.29. The van der Waals surface area contributed by atoms with Crippen LogP contribution >= 0.6 is 11.6 Å². The quantitative estimate of drug-likeness (QED) is 0.607. The number of carbonyl (C=O) groups excluding carboxylic acids is 1. The minimum absolute atomic E-state index is 0.0223. The standard InChI is InChI=1S/C20H19ClFN3O3/c1-3-16(27-17-8-6-5-7-14(17)22)19(26)23-15-10-9-12(11-13(15)21)20-24-18(4-2)25-28-20/h5-11,16H,3-4H2,1-2H3,(H,23,26). The van der Waals surface area contributed by atoms with Crippen LogP contribution in [-0.4, -0.2) is 22.2 Å². The molecule has 3 aromatic rings. The maximum Gasteiger partial charge on any atom is 0.265 e. The van der Waals surface area contributed by atoms with E-state index in [0.29, 0.717) is 40.8 Å². The van der Waals surface area contributed by atoms with Crippen molar-refractivity contribution in [1.82, 2.24) is 10.1 Å². The van der Waals surface area contributed by atoms with E-state index in [2.05, 4.69) is 15.5 Å². The van der Waals surface area contributed by atoms with Crippen LogP contribution < -0.4 is 10.1 Å². The molecule has 1 atom stereocenters. The number of ether oxygens (including phenoxy) is 1. The van der Waals surface area contributed by atoms with Gasteiger partial charge in [0.2, 0.25) is 0 Å². The highest BCUT2D eigenvalue weighted by atomic mass is 35.5. The lowest BCUT2D eigenvalue weighted by atomic mass is 10.2. The summed E-state index contributed by atoms with van der Waals surface area (Å²) in [6.45, 7) is 3.70. The van der Waals surface area contributed by atoms with Gasteiger partial charge in [0, 0.05) is 12.0 Å². The monoisotopic (exact) mass is 403 g/mol. The predicted molar refractivity (Wildman–Crippen MR) is 104 cm³/mol. The zero-order valence-corrected chi connectivity index (χ0v) is 16.2. The van der Waals surface area contributed by atoms with Crippen LogP contribution in [0.3, 0.4) is 0 Å². The molecule has 0 aliphatic carbocycles. The van der Waals surface area contributed by atoms with Crippen LogP contribution in [0, 0.1) is 5.82 Å². The van der Waals surface area contributed by atoms with Gasteiger partial charge in [-0.25, -0.2) is 4.39 Å². The molecule has 8 heteroatoms. The highest BCUT2D eigenvalue weighted by Gasteiger charge is 2.21. The molecule has 0 fully saturated rings. The summed E-state index contributed by atoms with van der Waals surface area (Å²) in [7, 11) is 0. The van der Waals surface area contributed by atoms with Crippen LogP contribution in [-0.2, 0) is 11.2 Å². The summed E-state index contributed by atoms with van der Waals surface area (Å²) in [6, 6.07) is 10.9. The van der Waals surface area contributed by atoms with Crippen LogP contribution in [0.15, 0.2) is 47.0 Å². The number of carbonyl (C=O) groups is 1. The second-order valence-electron chi connectivity index (χ2n) is 6.00. The number of halogens is 2. The van der Waals surface area contributed by atoms with Gasteiger partial charge in [0.05, 0.1) is 10.7 Å². The number of hydrogen-bond donors (Lipinski definition) is 1. The Morgan fingerprint density at radius 3 is 2.71 bits per heavy atom. The first-order valence-electron chi connectivity index (χ1n) is 8.86. The minimum Gasteiger partial charge on any atom is -0.478 e. The summed E-state index contributed by atoms with van der Waals surface area (Å²) in [5, 5.41) is 6.87. The summed E-state index contributed by atoms with van der Waals surface area (Å²) in [5.41, 5.74) is 1.05. The number of hydrogen-bond acceptors (Lipinski definition) is 5. The number of amides is 1. The lowest BCUT2D eigenvalue weighted by molar-refractivity contribution is -0.122. The molecule has 1 amide bonds. The number of benzene rings is 2. The van der Waals surface area contributed by atoms with Gasteiger partial charge in [0.15, 0.2) is 23.5 Å². The second-order valence-corrected chi connectivity index (χ2v) is 6.41. The van der Waals surface area contributed by atoms with Crippen LogP contribution in [0.2, 0.25) is 5.02 Å². The average molecular weight is 404 g/mol. The van der Waals surface area contributed by atoms with Crippen molar-refractivity contribution >= 4 is 23.2 Å². The van der Waals surface area contributed by atoms with Crippen molar-refractivity contribution in [3.05, 3.63) is 59.1 Å². The molecule has 1 N–H and O–H groups in total. The Balaban J connectivity index is 1.73.